The van der Waals surface area contributed by atoms with E-state index in [-0.39, 0.29) is 35.8 Å². The highest BCUT2D eigenvalue weighted by Crippen LogP contribution is 2.40. The van der Waals surface area contributed by atoms with Gasteiger partial charge in [0.05, 0.1) is 19.5 Å². The van der Waals surface area contributed by atoms with Gasteiger partial charge >= 0.3 is 0 Å². The van der Waals surface area contributed by atoms with E-state index in [1.54, 1.807) is 12.2 Å². The van der Waals surface area contributed by atoms with Crippen LogP contribution in [0.2, 0.25) is 0 Å². The number of nitrogens with zero attached hydrogens (tertiary/aromatic N) is 3. The van der Waals surface area contributed by atoms with Crippen molar-refractivity contribution in [2.45, 2.75) is 30.5 Å². The molecule has 0 spiro atoms. The van der Waals surface area contributed by atoms with Crippen molar-refractivity contribution in [3.05, 3.63) is 68.3 Å². The lowest BCUT2D eigenvalue weighted by atomic mass is 9.72. The number of likely N-dealkylation sites (tertiary alicyclic amines) is 1. The molecule has 2 aliphatic rings. The Kier molecular flexibility index (Phi) is 3.44. The van der Waals surface area contributed by atoms with Crippen molar-refractivity contribution >= 4 is 0 Å². The van der Waals surface area contributed by atoms with Gasteiger partial charge in [-0.05, 0) is 11.6 Å². The number of piperidine rings is 1. The summed E-state index contributed by atoms with van der Waals surface area (Å²) >= 11 is 0. The summed E-state index contributed by atoms with van der Waals surface area (Å²) in [5.41, 5.74) is -1.60. The first-order valence-corrected chi connectivity index (χ1v) is 7.19. The van der Waals surface area contributed by atoms with Crippen LogP contribution >= 0.6 is 0 Å². The highest BCUT2D eigenvalue weighted by atomic mass is 16.6. The number of rotatable bonds is 4. The van der Waals surface area contributed by atoms with E-state index in [1.165, 1.54) is 0 Å². The zero-order valence-electron chi connectivity index (χ0n) is 12.1. The molecular weight excluding hydrogens is 286 g/mol. The van der Waals surface area contributed by atoms with Crippen LogP contribution < -0.4 is 0 Å². The fourth-order valence-electron chi connectivity index (χ4n) is 3.62. The molecular formula is C15H17N3O4. The molecule has 0 N–H and O–H groups in total. The number of fused-ring (bicyclic) bond motifs is 2. The molecule has 1 heterocycles. The normalized spacial score (nSPS) is 30.9. The van der Waals surface area contributed by atoms with Crippen molar-refractivity contribution in [3.63, 3.8) is 0 Å². The molecule has 1 fully saturated rings. The Morgan fingerprint density at radius 1 is 1.09 bits per heavy atom. The Morgan fingerprint density at radius 2 is 1.82 bits per heavy atom. The van der Waals surface area contributed by atoms with Crippen molar-refractivity contribution in [2.24, 2.45) is 0 Å². The lowest BCUT2D eigenvalue weighted by Crippen LogP contribution is -2.65. The summed E-state index contributed by atoms with van der Waals surface area (Å²) in [4.78, 5) is 24.3. The highest BCUT2D eigenvalue weighted by molar-refractivity contribution is 5.19. The Labute approximate surface area is 127 Å². The largest absolute Gasteiger partial charge is 0.285 e. The van der Waals surface area contributed by atoms with Crippen LogP contribution in [-0.4, -0.2) is 38.9 Å². The van der Waals surface area contributed by atoms with Gasteiger partial charge in [-0.2, -0.15) is 0 Å². The molecule has 2 atom stereocenters. The summed E-state index contributed by atoms with van der Waals surface area (Å²) in [7, 11) is 0. The Morgan fingerprint density at radius 3 is 2.45 bits per heavy atom. The Hall–Kier alpha value is -2.28. The van der Waals surface area contributed by atoms with E-state index in [0.29, 0.717) is 6.54 Å². The van der Waals surface area contributed by atoms with Crippen LogP contribution in [0.4, 0.5) is 0 Å². The molecule has 0 saturated carbocycles. The Bertz CT molecular complexity index is 633. The summed E-state index contributed by atoms with van der Waals surface area (Å²) in [6.07, 6.45) is 3.38. The number of nitro groups is 2. The van der Waals surface area contributed by atoms with Crippen LogP contribution in [0.5, 0.6) is 0 Å². The number of benzene rings is 1. The van der Waals surface area contributed by atoms with E-state index < -0.39 is 11.1 Å². The van der Waals surface area contributed by atoms with Crippen LogP contribution in [0.25, 0.3) is 0 Å². The molecule has 2 bridgehead atoms. The van der Waals surface area contributed by atoms with Crippen molar-refractivity contribution in [1.29, 1.82) is 0 Å². The molecule has 7 heteroatoms. The molecule has 116 valence electrons. The second-order valence-electron chi connectivity index (χ2n) is 6.26. The molecule has 1 aromatic rings. The molecule has 1 aliphatic heterocycles. The Balaban J connectivity index is 1.92. The predicted octanol–water partition coefficient (Wildman–Crippen LogP) is 1.88. The van der Waals surface area contributed by atoms with Crippen LogP contribution in [0.1, 0.15) is 18.4 Å². The van der Waals surface area contributed by atoms with E-state index >= 15 is 0 Å². The predicted molar refractivity (Wildman–Crippen MR) is 79.5 cm³/mol. The fourth-order valence-corrected chi connectivity index (χ4v) is 3.62. The molecule has 0 radical (unpaired) electrons. The lowest BCUT2D eigenvalue weighted by Gasteiger charge is -2.43. The average Bonchev–Trinajstić information content (AvgIpc) is 2.47. The van der Waals surface area contributed by atoms with Crippen molar-refractivity contribution in [1.82, 2.24) is 4.90 Å². The summed E-state index contributed by atoms with van der Waals surface area (Å²) in [5, 5.41) is 23.1. The molecule has 1 aromatic carbocycles. The van der Waals surface area contributed by atoms with Crippen LogP contribution in [0.15, 0.2) is 42.5 Å². The summed E-state index contributed by atoms with van der Waals surface area (Å²) in [6, 6.07) is 9.54. The van der Waals surface area contributed by atoms with E-state index in [4.69, 9.17) is 0 Å². The van der Waals surface area contributed by atoms with Crippen LogP contribution in [-0.2, 0) is 6.54 Å². The molecule has 1 saturated heterocycles. The minimum Gasteiger partial charge on any atom is -0.285 e. The van der Waals surface area contributed by atoms with Crippen molar-refractivity contribution in [2.75, 3.05) is 13.1 Å². The van der Waals surface area contributed by atoms with Gasteiger partial charge in [0, 0.05) is 22.8 Å². The maximum atomic E-state index is 11.6. The minimum absolute atomic E-state index is 0.0260. The number of hydrogen-bond donors (Lipinski definition) is 0. The molecule has 1 aliphatic carbocycles. The van der Waals surface area contributed by atoms with Gasteiger partial charge in [-0.1, -0.05) is 36.4 Å². The van der Waals surface area contributed by atoms with Gasteiger partial charge in [0.25, 0.3) is 5.54 Å². The maximum Gasteiger partial charge on any atom is 0.259 e. The number of hydrogen-bond acceptors (Lipinski definition) is 5. The van der Waals surface area contributed by atoms with Crippen molar-refractivity contribution in [3.8, 4) is 0 Å². The van der Waals surface area contributed by atoms with E-state index in [9.17, 15) is 20.2 Å². The van der Waals surface area contributed by atoms with Gasteiger partial charge < -0.3 is 0 Å². The molecule has 0 amide bonds. The minimum atomic E-state index is -1.35. The third kappa shape index (κ3) is 2.37. The third-order valence-corrected chi connectivity index (χ3v) is 4.58. The second-order valence-corrected chi connectivity index (χ2v) is 6.26. The first kappa shape index (κ1) is 14.6. The summed E-state index contributed by atoms with van der Waals surface area (Å²) in [6.45, 7) is 0.940. The van der Waals surface area contributed by atoms with Gasteiger partial charge in [-0.3, -0.25) is 25.1 Å². The van der Waals surface area contributed by atoms with Gasteiger partial charge in [0.1, 0.15) is 0 Å². The summed E-state index contributed by atoms with van der Waals surface area (Å²) in [5.74, 6) is 0. The molecule has 3 rings (SSSR count). The van der Waals surface area contributed by atoms with Gasteiger partial charge in [0.2, 0.25) is 5.54 Å². The zero-order chi connectivity index (χ0) is 15.8. The van der Waals surface area contributed by atoms with Crippen molar-refractivity contribution < 1.29 is 9.85 Å². The SMILES string of the molecule is O=[N+]([O-])[C@]12C=CC[C@]([N+](=O)[O-])(CN(Cc3ccccc3)C1)C2. The topological polar surface area (TPSA) is 89.5 Å². The van der Waals surface area contributed by atoms with E-state index in [0.717, 1.165) is 5.56 Å². The molecule has 0 aromatic heterocycles. The van der Waals surface area contributed by atoms with Gasteiger partial charge in [-0.15, -0.1) is 0 Å². The monoisotopic (exact) mass is 303 g/mol. The van der Waals surface area contributed by atoms with E-state index in [2.05, 4.69) is 0 Å². The zero-order valence-corrected chi connectivity index (χ0v) is 12.1. The fraction of sp³-hybridized carbons (Fsp3) is 0.467. The second kappa shape index (κ2) is 5.17. The average molecular weight is 303 g/mol. The van der Waals surface area contributed by atoms with Gasteiger partial charge in [-0.25, -0.2) is 0 Å². The first-order chi connectivity index (χ1) is 10.5. The maximum absolute atomic E-state index is 11.6. The summed E-state index contributed by atoms with van der Waals surface area (Å²) < 4.78 is 0. The lowest BCUT2D eigenvalue weighted by molar-refractivity contribution is -0.619. The quantitative estimate of drug-likeness (QED) is 0.481. The molecule has 22 heavy (non-hydrogen) atoms. The third-order valence-electron chi connectivity index (χ3n) is 4.58. The smallest absolute Gasteiger partial charge is 0.259 e. The standard InChI is InChI=1S/C15H17N3O4/c19-17(20)14-7-4-8-15(10-14,18(21)22)12-16(11-14)9-13-5-2-1-3-6-13/h1-7H,8-12H2/t14-,15+/m0/s1. The van der Waals surface area contributed by atoms with Crippen LogP contribution in [0.3, 0.4) is 0 Å². The first-order valence-electron chi connectivity index (χ1n) is 7.19. The molecule has 7 nitrogen and oxygen atoms in total. The van der Waals surface area contributed by atoms with Gasteiger partial charge in [0.15, 0.2) is 0 Å². The van der Waals surface area contributed by atoms with Crippen LogP contribution in [0, 0.1) is 20.2 Å². The highest BCUT2D eigenvalue weighted by Gasteiger charge is 2.62. The molecule has 0 unspecified atom stereocenters. The van der Waals surface area contributed by atoms with E-state index in [1.807, 2.05) is 35.2 Å².